The van der Waals surface area contributed by atoms with Gasteiger partial charge in [-0.3, -0.25) is 5.32 Å². The van der Waals surface area contributed by atoms with Crippen LogP contribution in [0, 0.1) is 9.49 Å². The number of thioether (sulfide) groups is 1. The molecule has 3 N–H and O–H groups in total. The lowest BCUT2D eigenvalue weighted by molar-refractivity contribution is -0.131. The summed E-state index contributed by atoms with van der Waals surface area (Å²) >= 11 is 3.74. The highest BCUT2D eigenvalue weighted by molar-refractivity contribution is 14.1. The first kappa shape index (κ1) is 24.1. The number of hydrogen-bond donors (Lipinski definition) is 3. The minimum Gasteiger partial charge on any atom is -0.508 e. The van der Waals surface area contributed by atoms with Crippen LogP contribution in [0.15, 0.2) is 59.5 Å². The second kappa shape index (κ2) is 11.8. The number of amides is 1. The fourth-order valence-corrected chi connectivity index (χ4v) is 3.79. The molecule has 2 aromatic carbocycles. The lowest BCUT2D eigenvalue weighted by atomic mass is 9.92. The molecule has 0 saturated heterocycles. The molecular formula is C22H24INO5S. The number of carboxylic acids is 1. The Balaban J connectivity index is 2.16. The smallest absolute Gasteiger partial charge is 0.412 e. The highest BCUT2D eigenvalue weighted by Crippen LogP contribution is 2.36. The van der Waals surface area contributed by atoms with Gasteiger partial charge in [0.15, 0.2) is 0 Å². The van der Waals surface area contributed by atoms with Gasteiger partial charge in [-0.1, -0.05) is 13.0 Å². The van der Waals surface area contributed by atoms with E-state index in [2.05, 4.69) is 27.9 Å². The molecule has 0 spiro atoms. The summed E-state index contributed by atoms with van der Waals surface area (Å²) in [5, 5.41) is 21.8. The van der Waals surface area contributed by atoms with Crippen molar-refractivity contribution in [1.29, 1.82) is 0 Å². The Labute approximate surface area is 193 Å². The maximum absolute atomic E-state index is 12.6. The summed E-state index contributed by atoms with van der Waals surface area (Å²) in [4.78, 5) is 24.3. The lowest BCUT2D eigenvalue weighted by Crippen LogP contribution is -2.22. The molecule has 0 unspecified atom stereocenters. The molecule has 0 aliphatic carbocycles. The van der Waals surface area contributed by atoms with E-state index in [4.69, 9.17) is 9.84 Å². The molecule has 0 bridgehead atoms. The highest BCUT2D eigenvalue weighted by atomic mass is 127. The number of carbonyl (C=O) groups excluding carboxylic acids is 1. The van der Waals surface area contributed by atoms with Gasteiger partial charge in [0.25, 0.3) is 0 Å². The van der Waals surface area contributed by atoms with Crippen molar-refractivity contribution in [1.82, 2.24) is 0 Å². The molecule has 2 aromatic rings. The van der Waals surface area contributed by atoms with Crippen molar-refractivity contribution in [2.45, 2.75) is 30.8 Å². The maximum Gasteiger partial charge on any atom is 0.412 e. The minimum absolute atomic E-state index is 0.0467. The summed E-state index contributed by atoms with van der Waals surface area (Å²) in [6.07, 6.45) is 4.41. The summed E-state index contributed by atoms with van der Waals surface area (Å²) in [5.41, 5.74) is 1.13. The summed E-state index contributed by atoms with van der Waals surface area (Å²) < 4.78 is 6.62. The molecule has 0 aliphatic heterocycles. The summed E-state index contributed by atoms with van der Waals surface area (Å²) in [5.74, 6) is -1.11. The average molecular weight is 541 g/mol. The number of benzene rings is 2. The molecule has 0 radical (unpaired) electrons. The SMILES string of the molecule is CSc1ccc(NC(=O)O[C@@H](c2cc(I)ccc2O)[C@H](C)CC/C=C/C(=O)O)cc1. The second-order valence-electron chi connectivity index (χ2n) is 6.68. The number of carbonyl (C=O) groups is 2. The Morgan fingerprint density at radius 2 is 1.93 bits per heavy atom. The van der Waals surface area contributed by atoms with Gasteiger partial charge in [0.05, 0.1) is 0 Å². The summed E-state index contributed by atoms with van der Waals surface area (Å²) in [6.45, 7) is 1.90. The third kappa shape index (κ3) is 7.56. The number of carboxylic acid groups (broad SMARTS) is 1. The number of nitrogens with one attached hydrogen (secondary N) is 1. The fourth-order valence-electron chi connectivity index (χ4n) is 2.87. The Morgan fingerprint density at radius 3 is 2.57 bits per heavy atom. The van der Waals surface area contributed by atoms with E-state index in [0.29, 0.717) is 24.1 Å². The monoisotopic (exact) mass is 541 g/mol. The van der Waals surface area contributed by atoms with Crippen LogP contribution in [0.2, 0.25) is 0 Å². The largest absolute Gasteiger partial charge is 0.508 e. The van der Waals surface area contributed by atoms with Gasteiger partial charge in [0, 0.05) is 25.8 Å². The third-order valence-electron chi connectivity index (χ3n) is 4.43. The average Bonchev–Trinajstić information content (AvgIpc) is 2.71. The molecule has 2 atom stereocenters. The molecular weight excluding hydrogens is 517 g/mol. The number of ether oxygens (including phenoxy) is 1. The second-order valence-corrected chi connectivity index (χ2v) is 8.80. The predicted molar refractivity (Wildman–Crippen MR) is 127 cm³/mol. The molecule has 1 amide bonds. The number of rotatable bonds is 9. The summed E-state index contributed by atoms with van der Waals surface area (Å²) in [7, 11) is 0. The van der Waals surface area contributed by atoms with E-state index >= 15 is 0 Å². The van der Waals surface area contributed by atoms with Gasteiger partial charge in [0.1, 0.15) is 11.9 Å². The van der Waals surface area contributed by atoms with Crippen LogP contribution < -0.4 is 5.32 Å². The molecule has 30 heavy (non-hydrogen) atoms. The van der Waals surface area contributed by atoms with E-state index in [1.54, 1.807) is 48.2 Å². The summed E-state index contributed by atoms with van der Waals surface area (Å²) in [6, 6.07) is 12.5. The molecule has 0 aliphatic rings. The van der Waals surface area contributed by atoms with Crippen LogP contribution in [-0.4, -0.2) is 28.5 Å². The van der Waals surface area contributed by atoms with Crippen molar-refractivity contribution in [3.63, 3.8) is 0 Å². The first-order valence-corrected chi connectivity index (χ1v) is 11.6. The normalized spacial score (nSPS) is 13.0. The zero-order valence-electron chi connectivity index (χ0n) is 16.7. The van der Waals surface area contributed by atoms with Crippen LogP contribution in [0.1, 0.15) is 31.4 Å². The van der Waals surface area contributed by atoms with Crippen LogP contribution in [0.5, 0.6) is 5.75 Å². The Morgan fingerprint density at radius 1 is 1.23 bits per heavy atom. The number of phenolic OH excluding ortho intramolecular Hbond substituents is 1. The first-order valence-electron chi connectivity index (χ1n) is 9.29. The Bertz CT molecular complexity index is 901. The Kier molecular flexibility index (Phi) is 9.51. The van der Waals surface area contributed by atoms with E-state index in [9.17, 15) is 14.7 Å². The third-order valence-corrected chi connectivity index (χ3v) is 5.85. The number of hydrogen-bond acceptors (Lipinski definition) is 5. The molecule has 0 fully saturated rings. The number of aliphatic carboxylic acids is 1. The van der Waals surface area contributed by atoms with Crippen molar-refractivity contribution in [3.8, 4) is 5.75 Å². The number of aromatic hydroxyl groups is 1. The fraction of sp³-hybridized carbons (Fsp3) is 0.273. The molecule has 8 heteroatoms. The van der Waals surface area contributed by atoms with Crippen molar-refractivity contribution in [2.24, 2.45) is 5.92 Å². The van der Waals surface area contributed by atoms with Crippen molar-refractivity contribution >= 4 is 52.1 Å². The molecule has 6 nitrogen and oxygen atoms in total. The zero-order valence-corrected chi connectivity index (χ0v) is 19.6. The Hall–Kier alpha value is -2.20. The van der Waals surface area contributed by atoms with Crippen LogP contribution in [0.4, 0.5) is 10.5 Å². The van der Waals surface area contributed by atoms with E-state index in [0.717, 1.165) is 14.5 Å². The van der Waals surface area contributed by atoms with Crippen LogP contribution in [-0.2, 0) is 9.53 Å². The quantitative estimate of drug-likeness (QED) is 0.203. The molecule has 160 valence electrons. The highest BCUT2D eigenvalue weighted by Gasteiger charge is 2.26. The van der Waals surface area contributed by atoms with Crippen LogP contribution in [0.25, 0.3) is 0 Å². The first-order chi connectivity index (χ1) is 14.3. The van der Waals surface area contributed by atoms with E-state index < -0.39 is 18.2 Å². The van der Waals surface area contributed by atoms with Gasteiger partial charge in [-0.05, 0) is 90.1 Å². The number of allylic oxidation sites excluding steroid dienone is 1. The van der Waals surface area contributed by atoms with Gasteiger partial charge in [0.2, 0.25) is 0 Å². The number of anilines is 1. The van der Waals surface area contributed by atoms with Gasteiger partial charge in [-0.25, -0.2) is 9.59 Å². The molecule has 0 heterocycles. The maximum atomic E-state index is 12.6. The molecule has 0 saturated carbocycles. The van der Waals surface area contributed by atoms with Gasteiger partial charge in [-0.15, -0.1) is 11.8 Å². The zero-order chi connectivity index (χ0) is 22.1. The number of phenols is 1. The van der Waals surface area contributed by atoms with Gasteiger partial charge >= 0.3 is 12.1 Å². The number of halogens is 1. The molecule has 2 rings (SSSR count). The molecule has 0 aromatic heterocycles. The van der Waals surface area contributed by atoms with Crippen molar-refractivity contribution in [2.75, 3.05) is 11.6 Å². The van der Waals surface area contributed by atoms with Crippen molar-refractivity contribution < 1.29 is 24.5 Å². The van der Waals surface area contributed by atoms with E-state index in [1.165, 1.54) is 0 Å². The van der Waals surface area contributed by atoms with E-state index in [1.807, 2.05) is 25.3 Å². The predicted octanol–water partition coefficient (Wildman–Crippen LogP) is 6.07. The topological polar surface area (TPSA) is 95.9 Å². The van der Waals surface area contributed by atoms with Gasteiger partial charge < -0.3 is 14.9 Å². The van der Waals surface area contributed by atoms with Crippen LogP contribution in [0.3, 0.4) is 0 Å². The van der Waals surface area contributed by atoms with Crippen LogP contribution >= 0.6 is 34.4 Å². The van der Waals surface area contributed by atoms with Crippen molar-refractivity contribution in [3.05, 3.63) is 63.8 Å². The van der Waals surface area contributed by atoms with E-state index in [-0.39, 0.29) is 11.7 Å². The van der Waals surface area contributed by atoms with Gasteiger partial charge in [-0.2, -0.15) is 0 Å². The standard InChI is InChI=1S/C22H24INO5S/c1-14(5-3-4-6-20(26)27)21(18-13-15(23)7-12-19(18)25)29-22(28)24-16-8-10-17(30-2)11-9-16/h4,6-14,21,25H,3,5H2,1-2H3,(H,24,28)(H,26,27)/b6-4+/t14-,21-/m1/s1. The minimum atomic E-state index is -1.00. The lowest BCUT2D eigenvalue weighted by Gasteiger charge is -2.25.